The number of aryl methyl sites for hydroxylation is 2. The normalized spacial score (nSPS) is 17.2. The fourth-order valence-corrected chi connectivity index (χ4v) is 4.38. The third-order valence-corrected chi connectivity index (χ3v) is 6.15. The van der Waals surface area contributed by atoms with Gasteiger partial charge in [0.05, 0.1) is 11.4 Å². The van der Waals surface area contributed by atoms with E-state index in [1.165, 1.54) is 0 Å². The van der Waals surface area contributed by atoms with E-state index < -0.39 is 10.0 Å². The fourth-order valence-electron chi connectivity index (χ4n) is 2.91. The lowest BCUT2D eigenvalue weighted by Gasteiger charge is -2.33. The van der Waals surface area contributed by atoms with E-state index in [4.69, 9.17) is 4.52 Å². The Hall–Kier alpha value is -1.70. The van der Waals surface area contributed by atoms with Crippen LogP contribution in [0.3, 0.4) is 0 Å². The molecule has 0 N–H and O–H groups in total. The smallest absolute Gasteiger partial charge is 0.214 e. The van der Waals surface area contributed by atoms with Gasteiger partial charge in [0.2, 0.25) is 10.0 Å². The summed E-state index contributed by atoms with van der Waals surface area (Å²) in [4.78, 5) is 2.21. The van der Waals surface area contributed by atoms with Gasteiger partial charge < -0.3 is 4.52 Å². The maximum absolute atomic E-state index is 12.5. The molecule has 130 valence electrons. The summed E-state index contributed by atoms with van der Waals surface area (Å²) in [6, 6.07) is 11.7. The van der Waals surface area contributed by atoms with Crippen LogP contribution in [0.25, 0.3) is 0 Å². The minimum absolute atomic E-state index is 0.166. The van der Waals surface area contributed by atoms with Crippen molar-refractivity contribution in [2.75, 3.05) is 31.9 Å². The molecule has 6 nitrogen and oxygen atoms in total. The van der Waals surface area contributed by atoms with Crippen molar-refractivity contribution in [2.45, 2.75) is 19.9 Å². The van der Waals surface area contributed by atoms with Gasteiger partial charge in [-0.05, 0) is 18.9 Å². The summed E-state index contributed by atoms with van der Waals surface area (Å²) in [6.07, 6.45) is 0.557. The van der Waals surface area contributed by atoms with Gasteiger partial charge in [-0.15, -0.1) is 0 Å². The molecular weight excluding hydrogens is 326 g/mol. The van der Waals surface area contributed by atoms with Crippen molar-refractivity contribution in [3.63, 3.8) is 0 Å². The Bertz CT molecular complexity index is 750. The van der Waals surface area contributed by atoms with Gasteiger partial charge in [-0.3, -0.25) is 4.90 Å². The van der Waals surface area contributed by atoms with E-state index in [-0.39, 0.29) is 5.75 Å². The summed E-state index contributed by atoms with van der Waals surface area (Å²) in [5.74, 6) is 0.964. The molecule has 0 aliphatic carbocycles. The van der Waals surface area contributed by atoms with E-state index in [2.05, 4.69) is 10.1 Å². The van der Waals surface area contributed by atoms with Crippen molar-refractivity contribution in [1.29, 1.82) is 0 Å². The second-order valence-corrected chi connectivity index (χ2v) is 8.24. The molecule has 2 aromatic rings. The quantitative estimate of drug-likeness (QED) is 0.794. The average molecular weight is 349 g/mol. The van der Waals surface area contributed by atoms with Gasteiger partial charge in [0.1, 0.15) is 5.76 Å². The first-order valence-electron chi connectivity index (χ1n) is 8.19. The molecule has 1 aliphatic rings. The van der Waals surface area contributed by atoms with Crippen molar-refractivity contribution in [1.82, 2.24) is 14.4 Å². The van der Waals surface area contributed by atoms with Crippen LogP contribution in [0.4, 0.5) is 0 Å². The Morgan fingerprint density at radius 2 is 1.83 bits per heavy atom. The lowest BCUT2D eigenvalue weighted by atomic mass is 10.2. The Kier molecular flexibility index (Phi) is 5.33. The van der Waals surface area contributed by atoms with Crippen LogP contribution in [0, 0.1) is 6.92 Å². The first-order chi connectivity index (χ1) is 11.5. The van der Waals surface area contributed by atoms with Gasteiger partial charge in [0.25, 0.3) is 0 Å². The number of aromatic nitrogens is 1. The minimum atomic E-state index is -3.20. The van der Waals surface area contributed by atoms with Crippen LogP contribution in [0.15, 0.2) is 40.9 Å². The molecule has 0 unspecified atom stereocenters. The molecule has 1 fully saturated rings. The number of nitrogens with zero attached hydrogens (tertiary/aromatic N) is 3. The van der Waals surface area contributed by atoms with Gasteiger partial charge in [-0.1, -0.05) is 35.5 Å². The molecule has 1 aromatic heterocycles. The van der Waals surface area contributed by atoms with E-state index in [0.29, 0.717) is 26.1 Å². The molecule has 7 heteroatoms. The molecule has 1 aromatic carbocycles. The Morgan fingerprint density at radius 1 is 1.12 bits per heavy atom. The summed E-state index contributed by atoms with van der Waals surface area (Å²) < 4.78 is 31.7. The Morgan fingerprint density at radius 3 is 2.46 bits per heavy atom. The van der Waals surface area contributed by atoms with Gasteiger partial charge in [0.15, 0.2) is 0 Å². The van der Waals surface area contributed by atoms with Gasteiger partial charge in [-0.2, -0.15) is 4.31 Å². The van der Waals surface area contributed by atoms with Crippen LogP contribution < -0.4 is 0 Å². The average Bonchev–Trinajstić information content (AvgIpc) is 2.99. The zero-order chi connectivity index (χ0) is 17.0. The molecule has 0 bridgehead atoms. The molecular formula is C17H23N3O3S. The van der Waals surface area contributed by atoms with Crippen LogP contribution in [0.5, 0.6) is 0 Å². The van der Waals surface area contributed by atoms with Crippen LogP contribution >= 0.6 is 0 Å². The third kappa shape index (κ3) is 4.43. The zero-order valence-corrected chi connectivity index (χ0v) is 14.7. The summed E-state index contributed by atoms with van der Waals surface area (Å²) in [5.41, 5.74) is 1.95. The van der Waals surface area contributed by atoms with Crippen molar-refractivity contribution in [2.24, 2.45) is 0 Å². The molecule has 0 amide bonds. The van der Waals surface area contributed by atoms with Gasteiger partial charge >= 0.3 is 0 Å². The molecule has 2 heterocycles. The van der Waals surface area contributed by atoms with E-state index in [9.17, 15) is 8.42 Å². The van der Waals surface area contributed by atoms with E-state index in [0.717, 1.165) is 30.1 Å². The number of benzene rings is 1. The Labute approximate surface area is 143 Å². The third-order valence-electron chi connectivity index (χ3n) is 4.28. The second kappa shape index (κ2) is 7.46. The maximum Gasteiger partial charge on any atom is 0.214 e. The molecule has 0 atom stereocenters. The molecule has 3 rings (SSSR count). The maximum atomic E-state index is 12.5. The SMILES string of the molecule is Cc1cc(CN2CCN(S(=O)(=O)CCc3ccccc3)CC2)no1. The summed E-state index contributed by atoms with van der Waals surface area (Å²) in [7, 11) is -3.20. The highest BCUT2D eigenvalue weighted by Crippen LogP contribution is 2.13. The molecule has 1 aliphatic heterocycles. The highest BCUT2D eigenvalue weighted by molar-refractivity contribution is 7.89. The number of hydrogen-bond acceptors (Lipinski definition) is 5. The minimum Gasteiger partial charge on any atom is -0.361 e. The first kappa shape index (κ1) is 17.1. The topological polar surface area (TPSA) is 66.7 Å². The van der Waals surface area contributed by atoms with Gasteiger partial charge in [0, 0.05) is 38.8 Å². The molecule has 24 heavy (non-hydrogen) atoms. The summed E-state index contributed by atoms with van der Waals surface area (Å²) in [5, 5.41) is 3.99. The molecule has 0 saturated carbocycles. The van der Waals surface area contributed by atoms with Crippen molar-refractivity contribution in [3.05, 3.63) is 53.4 Å². The molecule has 1 saturated heterocycles. The summed E-state index contributed by atoms with van der Waals surface area (Å²) >= 11 is 0. The summed E-state index contributed by atoms with van der Waals surface area (Å²) in [6.45, 7) is 5.08. The largest absolute Gasteiger partial charge is 0.361 e. The number of hydrogen-bond donors (Lipinski definition) is 0. The van der Waals surface area contributed by atoms with Crippen LogP contribution in [0.1, 0.15) is 17.0 Å². The van der Waals surface area contributed by atoms with Crippen molar-refractivity contribution >= 4 is 10.0 Å². The predicted molar refractivity (Wildman–Crippen MR) is 92.0 cm³/mol. The number of rotatable bonds is 6. The van der Waals surface area contributed by atoms with E-state index >= 15 is 0 Å². The number of sulfonamides is 1. The van der Waals surface area contributed by atoms with Crippen molar-refractivity contribution in [3.8, 4) is 0 Å². The lowest BCUT2D eigenvalue weighted by Crippen LogP contribution is -2.49. The first-order valence-corrected chi connectivity index (χ1v) is 9.80. The van der Waals surface area contributed by atoms with Crippen LogP contribution in [0.2, 0.25) is 0 Å². The van der Waals surface area contributed by atoms with E-state index in [1.807, 2.05) is 43.3 Å². The monoisotopic (exact) mass is 349 g/mol. The van der Waals surface area contributed by atoms with Crippen LogP contribution in [-0.2, 0) is 23.0 Å². The molecule has 0 radical (unpaired) electrons. The fraction of sp³-hybridized carbons (Fsp3) is 0.471. The predicted octanol–water partition coefficient (Wildman–Crippen LogP) is 1.67. The van der Waals surface area contributed by atoms with E-state index in [1.54, 1.807) is 4.31 Å². The Balaban J connectivity index is 1.49. The highest BCUT2D eigenvalue weighted by atomic mass is 32.2. The lowest BCUT2D eigenvalue weighted by molar-refractivity contribution is 0.177. The van der Waals surface area contributed by atoms with Gasteiger partial charge in [-0.25, -0.2) is 8.42 Å². The van der Waals surface area contributed by atoms with Crippen molar-refractivity contribution < 1.29 is 12.9 Å². The van der Waals surface area contributed by atoms with Crippen LogP contribution in [-0.4, -0.2) is 54.7 Å². The number of piperazine rings is 1. The second-order valence-electron chi connectivity index (χ2n) is 6.16. The zero-order valence-electron chi connectivity index (χ0n) is 13.9. The molecule has 0 spiro atoms. The standard InChI is InChI=1S/C17H23N3O3S/c1-15-13-17(18-23-15)14-19-8-10-20(11-9-19)24(21,22)12-7-16-5-3-2-4-6-16/h2-6,13H,7-12,14H2,1H3. The highest BCUT2D eigenvalue weighted by Gasteiger charge is 2.26.